The summed E-state index contributed by atoms with van der Waals surface area (Å²) in [6, 6.07) is 0. The predicted molar refractivity (Wildman–Crippen MR) is 50.5 cm³/mol. The number of rotatable bonds is 0. The van der Waals surface area contributed by atoms with E-state index in [9.17, 15) is 0 Å². The van der Waals surface area contributed by atoms with Gasteiger partial charge in [0.1, 0.15) is 11.0 Å². The lowest BCUT2D eigenvalue weighted by atomic mass is 10.2. The number of anilines is 2. The number of pyridine rings is 1. The molecule has 0 aliphatic carbocycles. The highest BCUT2D eigenvalue weighted by Gasteiger charge is 2.08. The van der Waals surface area contributed by atoms with Gasteiger partial charge < -0.3 is 11.5 Å². The Labute approximate surface area is 77.9 Å². The van der Waals surface area contributed by atoms with Crippen LogP contribution in [-0.2, 0) is 0 Å². The first-order valence-corrected chi connectivity index (χ1v) is 4.07. The highest BCUT2D eigenvalue weighted by molar-refractivity contribution is 9.10. The predicted octanol–water partition coefficient (Wildman–Crippen LogP) is 1.97. The lowest BCUT2D eigenvalue weighted by Crippen LogP contribution is -2.01. The monoisotopic (exact) mass is 235 g/mol. The molecule has 0 spiro atoms. The highest BCUT2D eigenvalue weighted by atomic mass is 79.9. The van der Waals surface area contributed by atoms with Gasteiger partial charge in [-0.05, 0) is 28.4 Å². The summed E-state index contributed by atoms with van der Waals surface area (Å²) in [5, 5.41) is 0.342. The van der Waals surface area contributed by atoms with Crippen molar-refractivity contribution in [1.82, 2.24) is 4.98 Å². The van der Waals surface area contributed by atoms with Crippen LogP contribution in [0.3, 0.4) is 0 Å². The number of halogens is 2. The van der Waals surface area contributed by atoms with E-state index < -0.39 is 0 Å². The van der Waals surface area contributed by atoms with E-state index in [0.29, 0.717) is 15.3 Å². The van der Waals surface area contributed by atoms with E-state index in [1.54, 1.807) is 0 Å². The lowest BCUT2D eigenvalue weighted by Gasteiger charge is -2.06. The van der Waals surface area contributed by atoms with Gasteiger partial charge in [0.2, 0.25) is 0 Å². The van der Waals surface area contributed by atoms with E-state index in [2.05, 4.69) is 20.9 Å². The molecule has 0 aliphatic heterocycles. The summed E-state index contributed by atoms with van der Waals surface area (Å²) in [6.07, 6.45) is 0. The number of nitrogens with two attached hydrogens (primary N) is 2. The van der Waals surface area contributed by atoms with Crippen molar-refractivity contribution >= 4 is 39.0 Å². The Morgan fingerprint density at radius 3 is 2.55 bits per heavy atom. The van der Waals surface area contributed by atoms with Crippen LogP contribution < -0.4 is 11.5 Å². The fraction of sp³-hybridized carbons (Fsp3) is 0.167. The molecule has 0 radical (unpaired) electrons. The molecule has 0 aromatic carbocycles. The van der Waals surface area contributed by atoms with E-state index in [1.165, 1.54) is 0 Å². The molecule has 0 saturated carbocycles. The fourth-order valence-corrected chi connectivity index (χ4v) is 1.22. The maximum absolute atomic E-state index is 5.70. The van der Waals surface area contributed by atoms with Crippen LogP contribution in [0.25, 0.3) is 0 Å². The Kier molecular flexibility index (Phi) is 2.25. The second-order valence-electron chi connectivity index (χ2n) is 2.14. The Morgan fingerprint density at radius 2 is 2.00 bits per heavy atom. The Bertz CT molecular complexity index is 274. The van der Waals surface area contributed by atoms with Crippen LogP contribution in [0, 0.1) is 6.92 Å². The van der Waals surface area contributed by atoms with Crippen LogP contribution in [0.15, 0.2) is 4.47 Å². The molecule has 60 valence electrons. The topological polar surface area (TPSA) is 64.9 Å². The number of nitrogens with zero attached hydrogens (tertiary/aromatic N) is 1. The molecule has 0 aliphatic rings. The van der Waals surface area contributed by atoms with Gasteiger partial charge in [-0.3, -0.25) is 0 Å². The fourth-order valence-electron chi connectivity index (χ4n) is 0.680. The van der Waals surface area contributed by atoms with Crippen LogP contribution in [0.1, 0.15) is 5.56 Å². The third kappa shape index (κ3) is 1.41. The molecular formula is C6H7BrClN3. The van der Waals surface area contributed by atoms with Gasteiger partial charge in [0, 0.05) is 0 Å². The molecule has 0 atom stereocenters. The number of aromatic nitrogens is 1. The van der Waals surface area contributed by atoms with Gasteiger partial charge >= 0.3 is 0 Å². The van der Waals surface area contributed by atoms with Crippen molar-refractivity contribution in [2.45, 2.75) is 6.92 Å². The lowest BCUT2D eigenvalue weighted by molar-refractivity contribution is 1.27. The maximum atomic E-state index is 5.70. The summed E-state index contributed by atoms with van der Waals surface area (Å²) >= 11 is 8.93. The van der Waals surface area contributed by atoms with Crippen molar-refractivity contribution in [3.05, 3.63) is 15.2 Å². The molecule has 4 N–H and O–H groups in total. The Morgan fingerprint density at radius 1 is 1.45 bits per heavy atom. The molecule has 0 amide bonds. The first-order chi connectivity index (χ1) is 5.04. The molecule has 5 heteroatoms. The summed E-state index contributed by atoms with van der Waals surface area (Å²) in [4.78, 5) is 3.80. The largest absolute Gasteiger partial charge is 0.395 e. The second-order valence-corrected chi connectivity index (χ2v) is 3.29. The first-order valence-electron chi connectivity index (χ1n) is 2.90. The molecular weight excluding hydrogens is 229 g/mol. The molecule has 1 aromatic heterocycles. The average Bonchev–Trinajstić information content (AvgIpc) is 1.97. The molecule has 0 bridgehead atoms. The minimum Gasteiger partial charge on any atom is -0.395 e. The quantitative estimate of drug-likeness (QED) is 0.677. The van der Waals surface area contributed by atoms with Gasteiger partial charge in [-0.15, -0.1) is 0 Å². The standard InChI is InChI=1S/C6H7BrClN3/c1-2-3(7)5(8)11-6(10)4(2)9/h9H2,1H3,(H2,10,11). The highest BCUT2D eigenvalue weighted by Crippen LogP contribution is 2.30. The normalized spacial score (nSPS) is 10.1. The molecule has 3 nitrogen and oxygen atoms in total. The summed E-state index contributed by atoms with van der Waals surface area (Å²) < 4.78 is 0.700. The molecule has 1 heterocycles. The minimum atomic E-state index is 0.274. The SMILES string of the molecule is Cc1c(N)c(N)nc(Cl)c1Br. The summed E-state index contributed by atoms with van der Waals surface area (Å²) in [5.74, 6) is 0.274. The van der Waals surface area contributed by atoms with E-state index in [1.807, 2.05) is 6.92 Å². The molecule has 1 aromatic rings. The van der Waals surface area contributed by atoms with Gasteiger partial charge in [-0.2, -0.15) is 0 Å². The first kappa shape index (κ1) is 8.62. The van der Waals surface area contributed by atoms with Crippen LogP contribution in [-0.4, -0.2) is 4.98 Å². The second kappa shape index (κ2) is 2.87. The minimum absolute atomic E-state index is 0.274. The number of hydrogen-bond donors (Lipinski definition) is 2. The third-order valence-electron chi connectivity index (χ3n) is 1.41. The summed E-state index contributed by atoms with van der Waals surface area (Å²) in [7, 11) is 0. The zero-order valence-electron chi connectivity index (χ0n) is 5.86. The Hall–Kier alpha value is -0.480. The van der Waals surface area contributed by atoms with Gasteiger partial charge in [-0.1, -0.05) is 11.6 Å². The van der Waals surface area contributed by atoms with Gasteiger partial charge in [0.25, 0.3) is 0 Å². The van der Waals surface area contributed by atoms with Gasteiger partial charge in [0.05, 0.1) is 10.2 Å². The van der Waals surface area contributed by atoms with Crippen molar-refractivity contribution in [2.24, 2.45) is 0 Å². The van der Waals surface area contributed by atoms with Crippen LogP contribution in [0.2, 0.25) is 5.15 Å². The molecule has 0 saturated heterocycles. The average molecular weight is 236 g/mol. The van der Waals surface area contributed by atoms with E-state index in [4.69, 9.17) is 23.1 Å². The Balaban J connectivity index is 3.46. The third-order valence-corrected chi connectivity index (χ3v) is 2.88. The molecule has 1 rings (SSSR count). The van der Waals surface area contributed by atoms with Crippen molar-refractivity contribution in [3.63, 3.8) is 0 Å². The number of nitrogen functional groups attached to an aromatic ring is 2. The number of hydrogen-bond acceptors (Lipinski definition) is 3. The van der Waals surface area contributed by atoms with E-state index in [-0.39, 0.29) is 5.82 Å². The molecule has 11 heavy (non-hydrogen) atoms. The van der Waals surface area contributed by atoms with Gasteiger partial charge in [0.15, 0.2) is 0 Å². The van der Waals surface area contributed by atoms with E-state index >= 15 is 0 Å². The summed E-state index contributed by atoms with van der Waals surface area (Å²) in [6.45, 7) is 1.82. The zero-order valence-corrected chi connectivity index (χ0v) is 8.20. The summed E-state index contributed by atoms with van der Waals surface area (Å²) in [5.41, 5.74) is 12.3. The maximum Gasteiger partial charge on any atom is 0.148 e. The van der Waals surface area contributed by atoms with E-state index in [0.717, 1.165) is 5.56 Å². The van der Waals surface area contributed by atoms with Crippen LogP contribution in [0.4, 0.5) is 11.5 Å². The smallest absolute Gasteiger partial charge is 0.148 e. The molecule has 0 fully saturated rings. The van der Waals surface area contributed by atoms with Crippen molar-refractivity contribution in [2.75, 3.05) is 11.5 Å². The van der Waals surface area contributed by atoms with Crippen LogP contribution in [0.5, 0.6) is 0 Å². The van der Waals surface area contributed by atoms with Crippen molar-refractivity contribution in [1.29, 1.82) is 0 Å². The van der Waals surface area contributed by atoms with Gasteiger partial charge in [-0.25, -0.2) is 4.98 Å². The zero-order chi connectivity index (χ0) is 8.59. The molecule has 0 unspecified atom stereocenters. The van der Waals surface area contributed by atoms with Crippen molar-refractivity contribution < 1.29 is 0 Å². The van der Waals surface area contributed by atoms with Crippen LogP contribution >= 0.6 is 27.5 Å². The van der Waals surface area contributed by atoms with Crippen molar-refractivity contribution in [3.8, 4) is 0 Å².